The van der Waals surface area contributed by atoms with Crippen LogP contribution in [-0.4, -0.2) is 31.8 Å². The molecule has 1 rings (SSSR count). The van der Waals surface area contributed by atoms with E-state index in [1.165, 1.54) is 0 Å². The van der Waals surface area contributed by atoms with Crippen LogP contribution in [-0.2, 0) is 20.8 Å². The zero-order chi connectivity index (χ0) is 13.4. The third kappa shape index (κ3) is 5.95. The molecule has 0 unspecified atom stereocenters. The molecular formula is C12H18BrNO3S. The number of hydrogen-bond acceptors (Lipinski definition) is 4. The van der Waals surface area contributed by atoms with Crippen LogP contribution < -0.4 is 5.32 Å². The smallest absolute Gasteiger partial charge is 0.249 e. The number of carbonyl (C=O) groups excluding carboxylic acids is 1. The van der Waals surface area contributed by atoms with E-state index in [1.54, 1.807) is 18.3 Å². The monoisotopic (exact) mass is 335 g/mol. The number of rotatable bonds is 8. The summed E-state index contributed by atoms with van der Waals surface area (Å²) in [5, 5.41) is 4.84. The Kier molecular flexibility index (Phi) is 7.50. The minimum absolute atomic E-state index is 0.103. The van der Waals surface area contributed by atoms with Gasteiger partial charge < -0.3 is 14.8 Å². The van der Waals surface area contributed by atoms with Gasteiger partial charge in [0.05, 0.1) is 17.0 Å². The van der Waals surface area contributed by atoms with Crippen molar-refractivity contribution in [2.24, 2.45) is 0 Å². The Balaban J connectivity index is 2.19. The molecule has 4 nitrogen and oxygen atoms in total. The Hall–Kier alpha value is -0.430. The normalized spacial score (nSPS) is 12.4. The second kappa shape index (κ2) is 8.63. The molecular weight excluding hydrogens is 318 g/mol. The first-order chi connectivity index (χ1) is 8.63. The van der Waals surface area contributed by atoms with Crippen molar-refractivity contribution in [1.82, 2.24) is 5.32 Å². The van der Waals surface area contributed by atoms with Crippen LogP contribution in [0.15, 0.2) is 15.2 Å². The van der Waals surface area contributed by atoms with Crippen LogP contribution in [0.2, 0.25) is 0 Å². The first-order valence-electron chi connectivity index (χ1n) is 5.83. The van der Waals surface area contributed by atoms with Gasteiger partial charge in [0.1, 0.15) is 6.10 Å². The summed E-state index contributed by atoms with van der Waals surface area (Å²) >= 11 is 4.99. The Morgan fingerprint density at radius 1 is 1.56 bits per heavy atom. The molecule has 0 aliphatic carbocycles. The van der Waals surface area contributed by atoms with E-state index in [4.69, 9.17) is 9.47 Å². The predicted octanol–water partition coefficient (Wildman–Crippen LogP) is 2.57. The molecule has 0 bridgehead atoms. The molecule has 18 heavy (non-hydrogen) atoms. The van der Waals surface area contributed by atoms with Crippen molar-refractivity contribution >= 4 is 33.2 Å². The van der Waals surface area contributed by atoms with E-state index in [0.717, 1.165) is 9.35 Å². The van der Waals surface area contributed by atoms with Gasteiger partial charge in [0.15, 0.2) is 0 Å². The molecule has 0 aliphatic rings. The highest BCUT2D eigenvalue weighted by Gasteiger charge is 2.12. The summed E-state index contributed by atoms with van der Waals surface area (Å²) in [7, 11) is 0. The summed E-state index contributed by atoms with van der Waals surface area (Å²) < 4.78 is 11.6. The van der Waals surface area contributed by atoms with E-state index in [2.05, 4.69) is 21.2 Å². The zero-order valence-corrected chi connectivity index (χ0v) is 13.0. The number of amides is 1. The Labute approximate surface area is 120 Å². The summed E-state index contributed by atoms with van der Waals surface area (Å²) in [6.07, 6.45) is -0.451. The van der Waals surface area contributed by atoms with Gasteiger partial charge in [0.2, 0.25) is 5.91 Å². The largest absolute Gasteiger partial charge is 0.379 e. The minimum Gasteiger partial charge on any atom is -0.379 e. The molecule has 0 aromatic carbocycles. The molecule has 0 radical (unpaired) electrons. The molecule has 1 atom stereocenters. The fraction of sp³-hybridized carbons (Fsp3) is 0.583. The molecule has 0 saturated heterocycles. The van der Waals surface area contributed by atoms with Crippen LogP contribution in [0.4, 0.5) is 0 Å². The average molecular weight is 336 g/mol. The summed E-state index contributed by atoms with van der Waals surface area (Å²) in [5.41, 5.74) is 1.08. The molecule has 1 N–H and O–H groups in total. The number of nitrogens with one attached hydrogen (secondary N) is 1. The van der Waals surface area contributed by atoms with Crippen LogP contribution >= 0.6 is 27.3 Å². The number of ether oxygens (including phenoxy) is 2. The van der Waals surface area contributed by atoms with E-state index in [0.29, 0.717) is 26.4 Å². The third-order valence-electron chi connectivity index (χ3n) is 2.26. The lowest BCUT2D eigenvalue weighted by Crippen LogP contribution is -2.34. The molecule has 6 heteroatoms. The number of hydrogen-bond donors (Lipinski definition) is 1. The van der Waals surface area contributed by atoms with E-state index < -0.39 is 6.10 Å². The Morgan fingerprint density at radius 3 is 2.94 bits per heavy atom. The molecule has 1 aromatic rings. The van der Waals surface area contributed by atoms with Gasteiger partial charge in [-0.1, -0.05) is 0 Å². The highest BCUT2D eigenvalue weighted by Crippen LogP contribution is 2.20. The van der Waals surface area contributed by atoms with Crippen LogP contribution in [0.3, 0.4) is 0 Å². The summed E-state index contributed by atoms with van der Waals surface area (Å²) in [6, 6.07) is 1.99. The van der Waals surface area contributed by atoms with Crippen molar-refractivity contribution in [3.05, 3.63) is 20.8 Å². The fourth-order valence-electron chi connectivity index (χ4n) is 1.28. The zero-order valence-electron chi connectivity index (χ0n) is 10.6. The fourth-order valence-corrected chi connectivity index (χ4v) is 2.48. The minimum atomic E-state index is -0.451. The highest BCUT2D eigenvalue weighted by molar-refractivity contribution is 9.11. The molecule has 102 valence electrons. The standard InChI is InChI=1S/C12H18BrNO3S/c1-3-16-4-5-17-9(2)12(15)14-7-10-6-11(13)18-8-10/h6,8-9H,3-5,7H2,1-2H3,(H,14,15)/t9-/m0/s1. The predicted molar refractivity (Wildman–Crippen MR) is 75.8 cm³/mol. The number of thiophene rings is 1. The van der Waals surface area contributed by atoms with Gasteiger partial charge in [-0.3, -0.25) is 4.79 Å². The van der Waals surface area contributed by atoms with Gasteiger partial charge in [-0.05, 0) is 46.8 Å². The molecule has 1 heterocycles. The maximum atomic E-state index is 11.7. The first kappa shape index (κ1) is 15.6. The SMILES string of the molecule is CCOCCO[C@@H](C)C(=O)NCc1csc(Br)c1. The summed E-state index contributed by atoms with van der Waals surface area (Å²) in [6.45, 7) is 5.81. The van der Waals surface area contributed by atoms with Crippen LogP contribution in [0.1, 0.15) is 19.4 Å². The highest BCUT2D eigenvalue weighted by atomic mass is 79.9. The lowest BCUT2D eigenvalue weighted by molar-refractivity contribution is -0.132. The lowest BCUT2D eigenvalue weighted by Gasteiger charge is -2.12. The van der Waals surface area contributed by atoms with Crippen LogP contribution in [0.25, 0.3) is 0 Å². The van der Waals surface area contributed by atoms with Gasteiger partial charge in [-0.2, -0.15) is 0 Å². The lowest BCUT2D eigenvalue weighted by atomic mass is 10.3. The van der Waals surface area contributed by atoms with E-state index in [1.807, 2.05) is 18.4 Å². The van der Waals surface area contributed by atoms with Crippen LogP contribution in [0, 0.1) is 0 Å². The molecule has 1 amide bonds. The summed E-state index contributed by atoms with van der Waals surface area (Å²) in [4.78, 5) is 11.7. The van der Waals surface area contributed by atoms with E-state index >= 15 is 0 Å². The molecule has 0 fully saturated rings. The molecule has 1 aromatic heterocycles. The van der Waals surface area contributed by atoms with E-state index in [9.17, 15) is 4.79 Å². The maximum absolute atomic E-state index is 11.7. The van der Waals surface area contributed by atoms with Crippen molar-refractivity contribution in [2.75, 3.05) is 19.8 Å². The second-order valence-corrected chi connectivity index (χ2v) is 5.98. The van der Waals surface area contributed by atoms with Crippen molar-refractivity contribution < 1.29 is 14.3 Å². The second-order valence-electron chi connectivity index (χ2n) is 3.69. The first-order valence-corrected chi connectivity index (χ1v) is 7.50. The van der Waals surface area contributed by atoms with Gasteiger partial charge in [-0.25, -0.2) is 0 Å². The maximum Gasteiger partial charge on any atom is 0.249 e. The van der Waals surface area contributed by atoms with Crippen LogP contribution in [0.5, 0.6) is 0 Å². The van der Waals surface area contributed by atoms with Crippen molar-refractivity contribution in [3.63, 3.8) is 0 Å². The van der Waals surface area contributed by atoms with Gasteiger partial charge in [0.25, 0.3) is 0 Å². The Bertz CT molecular complexity index is 370. The number of carbonyl (C=O) groups is 1. The third-order valence-corrected chi connectivity index (χ3v) is 3.81. The number of halogens is 1. The van der Waals surface area contributed by atoms with Crippen molar-refractivity contribution in [3.8, 4) is 0 Å². The van der Waals surface area contributed by atoms with Gasteiger partial charge in [-0.15, -0.1) is 11.3 Å². The van der Waals surface area contributed by atoms with Gasteiger partial charge in [0, 0.05) is 13.2 Å². The average Bonchev–Trinajstić information content (AvgIpc) is 2.77. The van der Waals surface area contributed by atoms with Crippen molar-refractivity contribution in [2.45, 2.75) is 26.5 Å². The molecule has 0 spiro atoms. The quantitative estimate of drug-likeness (QED) is 0.743. The summed E-state index contributed by atoms with van der Waals surface area (Å²) in [5.74, 6) is -0.103. The van der Waals surface area contributed by atoms with Gasteiger partial charge >= 0.3 is 0 Å². The molecule has 0 saturated carbocycles. The molecule has 0 aliphatic heterocycles. The Morgan fingerprint density at radius 2 is 2.33 bits per heavy atom. The topological polar surface area (TPSA) is 47.6 Å². The van der Waals surface area contributed by atoms with E-state index in [-0.39, 0.29) is 5.91 Å². The van der Waals surface area contributed by atoms with Crippen molar-refractivity contribution in [1.29, 1.82) is 0 Å².